The van der Waals surface area contributed by atoms with Crippen molar-refractivity contribution in [3.8, 4) is 0 Å². The van der Waals surface area contributed by atoms with Gasteiger partial charge in [0.15, 0.2) is 0 Å². The molecular formula is C7H10F3NO4. The molecule has 0 aromatic heterocycles. The first kappa shape index (κ1) is 13.5. The van der Waals surface area contributed by atoms with Crippen molar-refractivity contribution >= 4 is 12.1 Å². The fourth-order valence-electron chi connectivity index (χ4n) is 0.554. The molecule has 0 heterocycles. The summed E-state index contributed by atoms with van der Waals surface area (Å²) in [7, 11) is 0. The van der Waals surface area contributed by atoms with Crippen molar-refractivity contribution in [3.63, 3.8) is 0 Å². The summed E-state index contributed by atoms with van der Waals surface area (Å²) in [5, 5.41) is 17.5. The number of halogens is 3. The van der Waals surface area contributed by atoms with E-state index in [-0.39, 0.29) is 0 Å². The maximum atomic E-state index is 10.6. The summed E-state index contributed by atoms with van der Waals surface area (Å²) in [6, 6.07) is 0. The van der Waals surface area contributed by atoms with Crippen molar-refractivity contribution in [2.75, 3.05) is 6.54 Å². The van der Waals surface area contributed by atoms with E-state index in [4.69, 9.17) is 15.0 Å². The highest BCUT2D eigenvalue weighted by Gasteiger charge is 2.38. The highest BCUT2D eigenvalue weighted by Crippen LogP contribution is 2.27. The number of hydrogen-bond donors (Lipinski definition) is 3. The second kappa shape index (κ2) is 5.42. The summed E-state index contributed by atoms with van der Waals surface area (Å²) in [6.45, 7) is 0.648. The molecule has 1 fully saturated rings. The molecule has 0 aromatic rings. The molecule has 88 valence electrons. The van der Waals surface area contributed by atoms with Crippen molar-refractivity contribution in [2.24, 2.45) is 5.92 Å². The first-order valence-electron chi connectivity index (χ1n) is 4.00. The lowest BCUT2D eigenvalue weighted by atomic mass is 10.4. The third-order valence-corrected chi connectivity index (χ3v) is 1.48. The molecule has 1 aliphatic carbocycles. The number of alkyl halides is 3. The zero-order valence-corrected chi connectivity index (χ0v) is 7.54. The van der Waals surface area contributed by atoms with Crippen LogP contribution in [0.25, 0.3) is 0 Å². The highest BCUT2D eigenvalue weighted by molar-refractivity contribution is 5.73. The fourth-order valence-corrected chi connectivity index (χ4v) is 0.554. The first-order valence-corrected chi connectivity index (χ1v) is 4.00. The van der Waals surface area contributed by atoms with Crippen molar-refractivity contribution < 1.29 is 33.0 Å². The van der Waals surface area contributed by atoms with Gasteiger partial charge in [-0.1, -0.05) is 0 Å². The average molecular weight is 229 g/mol. The number of amides is 1. The van der Waals surface area contributed by atoms with E-state index in [0.29, 0.717) is 12.5 Å². The Hall–Kier alpha value is -1.47. The Bertz CT molecular complexity index is 237. The number of aliphatic carboxylic acids is 1. The van der Waals surface area contributed by atoms with Gasteiger partial charge in [0.1, 0.15) is 0 Å². The molecule has 0 radical (unpaired) electrons. The van der Waals surface area contributed by atoms with Crippen LogP contribution in [0.2, 0.25) is 0 Å². The average Bonchev–Trinajstić information content (AvgIpc) is 2.82. The van der Waals surface area contributed by atoms with Gasteiger partial charge >= 0.3 is 18.2 Å². The van der Waals surface area contributed by atoms with Crippen LogP contribution in [-0.4, -0.2) is 35.0 Å². The predicted octanol–water partition coefficient (Wildman–Crippen LogP) is 1.30. The molecule has 0 spiro atoms. The van der Waals surface area contributed by atoms with Gasteiger partial charge in [0.25, 0.3) is 0 Å². The summed E-state index contributed by atoms with van der Waals surface area (Å²) in [5.41, 5.74) is 0. The minimum absolute atomic E-state index is 0.645. The Morgan fingerprint density at radius 2 is 1.67 bits per heavy atom. The molecule has 0 aliphatic heterocycles. The van der Waals surface area contributed by atoms with E-state index in [1.165, 1.54) is 12.8 Å². The van der Waals surface area contributed by atoms with Gasteiger partial charge in [-0.25, -0.2) is 9.59 Å². The second-order valence-electron chi connectivity index (χ2n) is 2.93. The lowest BCUT2D eigenvalue weighted by Gasteiger charge is -1.93. The lowest BCUT2D eigenvalue weighted by Crippen LogP contribution is -2.22. The monoisotopic (exact) mass is 229 g/mol. The van der Waals surface area contributed by atoms with Gasteiger partial charge in [0, 0.05) is 6.54 Å². The minimum atomic E-state index is -5.08. The molecule has 1 amide bonds. The minimum Gasteiger partial charge on any atom is -0.475 e. The van der Waals surface area contributed by atoms with Crippen LogP contribution in [0.3, 0.4) is 0 Å². The van der Waals surface area contributed by atoms with Gasteiger partial charge in [-0.15, -0.1) is 0 Å². The van der Waals surface area contributed by atoms with Crippen LogP contribution in [0.15, 0.2) is 0 Å². The second-order valence-corrected chi connectivity index (χ2v) is 2.93. The Labute approximate surface area is 82.9 Å². The number of nitrogens with one attached hydrogen (secondary N) is 1. The molecule has 0 bridgehead atoms. The van der Waals surface area contributed by atoms with Crippen LogP contribution < -0.4 is 5.32 Å². The van der Waals surface area contributed by atoms with Crippen molar-refractivity contribution in [3.05, 3.63) is 0 Å². The van der Waals surface area contributed by atoms with E-state index >= 15 is 0 Å². The van der Waals surface area contributed by atoms with E-state index in [1.54, 1.807) is 0 Å². The number of hydrogen-bond acceptors (Lipinski definition) is 2. The van der Waals surface area contributed by atoms with Crippen molar-refractivity contribution in [1.29, 1.82) is 0 Å². The quantitative estimate of drug-likeness (QED) is 0.666. The van der Waals surface area contributed by atoms with Crippen LogP contribution in [-0.2, 0) is 4.79 Å². The molecule has 0 unspecified atom stereocenters. The van der Waals surface area contributed by atoms with Gasteiger partial charge in [0.2, 0.25) is 0 Å². The summed E-state index contributed by atoms with van der Waals surface area (Å²) in [6.07, 6.45) is -3.60. The number of carbonyl (C=O) groups is 2. The van der Waals surface area contributed by atoms with Crippen molar-refractivity contribution in [1.82, 2.24) is 5.32 Å². The topological polar surface area (TPSA) is 86.6 Å². The lowest BCUT2D eigenvalue weighted by molar-refractivity contribution is -0.192. The summed E-state index contributed by atoms with van der Waals surface area (Å²) in [4.78, 5) is 18.7. The highest BCUT2D eigenvalue weighted by atomic mass is 19.4. The molecule has 1 aliphatic rings. The van der Waals surface area contributed by atoms with Crippen LogP contribution >= 0.6 is 0 Å². The number of rotatable bonds is 2. The molecule has 15 heavy (non-hydrogen) atoms. The van der Waals surface area contributed by atoms with Crippen LogP contribution in [0, 0.1) is 5.92 Å². The SMILES string of the molecule is O=C(O)C(F)(F)F.O=C(O)NCC1CC1. The molecule has 8 heteroatoms. The molecular weight excluding hydrogens is 219 g/mol. The van der Waals surface area contributed by atoms with Gasteiger partial charge < -0.3 is 15.5 Å². The molecule has 1 saturated carbocycles. The molecule has 0 aromatic carbocycles. The summed E-state index contributed by atoms with van der Waals surface area (Å²) >= 11 is 0. The van der Waals surface area contributed by atoms with E-state index in [1.807, 2.05) is 0 Å². The Balaban J connectivity index is 0.000000265. The summed E-state index contributed by atoms with van der Waals surface area (Å²) in [5.74, 6) is -2.11. The van der Waals surface area contributed by atoms with Gasteiger partial charge in [-0.05, 0) is 18.8 Å². The van der Waals surface area contributed by atoms with Crippen molar-refractivity contribution in [2.45, 2.75) is 19.0 Å². The molecule has 0 saturated heterocycles. The van der Waals surface area contributed by atoms with Gasteiger partial charge in [-0.3, -0.25) is 0 Å². The van der Waals surface area contributed by atoms with E-state index in [9.17, 15) is 18.0 Å². The Kier molecular flexibility index (Phi) is 4.89. The Morgan fingerprint density at radius 1 is 1.27 bits per heavy atom. The molecule has 3 N–H and O–H groups in total. The normalized spacial score (nSPS) is 14.9. The van der Waals surface area contributed by atoms with E-state index in [2.05, 4.69) is 5.32 Å². The smallest absolute Gasteiger partial charge is 0.475 e. The zero-order valence-electron chi connectivity index (χ0n) is 7.54. The number of carboxylic acid groups (broad SMARTS) is 2. The van der Waals surface area contributed by atoms with Crippen LogP contribution in [0.1, 0.15) is 12.8 Å². The molecule has 1 rings (SSSR count). The maximum absolute atomic E-state index is 10.6. The fraction of sp³-hybridized carbons (Fsp3) is 0.714. The van der Waals surface area contributed by atoms with Crippen LogP contribution in [0.5, 0.6) is 0 Å². The van der Waals surface area contributed by atoms with E-state index < -0.39 is 18.2 Å². The number of carboxylic acids is 1. The zero-order chi connectivity index (χ0) is 12.1. The van der Waals surface area contributed by atoms with Gasteiger partial charge in [-0.2, -0.15) is 13.2 Å². The summed E-state index contributed by atoms with van der Waals surface area (Å²) < 4.78 is 31.7. The standard InChI is InChI=1S/C5H9NO2.C2HF3O2/c7-5(8)6-3-4-1-2-4;3-2(4,5)1(6)7/h4,6H,1-3H2,(H,7,8);(H,6,7). The Morgan fingerprint density at radius 3 is 1.87 bits per heavy atom. The maximum Gasteiger partial charge on any atom is 0.490 e. The van der Waals surface area contributed by atoms with E-state index in [0.717, 1.165) is 0 Å². The third kappa shape index (κ3) is 8.85. The largest absolute Gasteiger partial charge is 0.490 e. The molecule has 5 nitrogen and oxygen atoms in total. The molecule has 0 atom stereocenters. The third-order valence-electron chi connectivity index (χ3n) is 1.48. The predicted molar refractivity (Wildman–Crippen MR) is 42.4 cm³/mol. The van der Waals surface area contributed by atoms with Crippen LogP contribution in [0.4, 0.5) is 18.0 Å². The van der Waals surface area contributed by atoms with Gasteiger partial charge in [0.05, 0.1) is 0 Å². The first-order chi connectivity index (χ1) is 6.73.